The number of ether oxygens (including phenoxy) is 1. The fourth-order valence-electron chi connectivity index (χ4n) is 3.87. The summed E-state index contributed by atoms with van der Waals surface area (Å²) in [6.07, 6.45) is 5.08. The first-order valence-corrected chi connectivity index (χ1v) is 9.86. The van der Waals surface area contributed by atoms with Crippen LogP contribution in [0.1, 0.15) is 29.6 Å². The second-order valence-corrected chi connectivity index (χ2v) is 7.38. The van der Waals surface area contributed by atoms with Crippen molar-refractivity contribution < 1.29 is 14.3 Å². The monoisotopic (exact) mass is 392 g/mol. The fourth-order valence-corrected chi connectivity index (χ4v) is 3.87. The summed E-state index contributed by atoms with van der Waals surface area (Å²) in [5, 5.41) is 6.07. The van der Waals surface area contributed by atoms with Crippen LogP contribution in [-0.2, 0) is 11.3 Å². The molecule has 2 heterocycles. The number of ketones is 1. The number of piperidine rings is 1. The Labute approximate surface area is 169 Å². The van der Waals surface area contributed by atoms with Gasteiger partial charge in [0.25, 0.3) is 0 Å². The Morgan fingerprint density at radius 1 is 1.17 bits per heavy atom. The van der Waals surface area contributed by atoms with Crippen LogP contribution in [0.15, 0.2) is 49.1 Å². The van der Waals surface area contributed by atoms with Gasteiger partial charge in [0.15, 0.2) is 5.78 Å². The summed E-state index contributed by atoms with van der Waals surface area (Å²) in [5.74, 6) is 0.804. The number of nitrogens with zero attached hydrogens (tertiary/aromatic N) is 4. The zero-order valence-electron chi connectivity index (χ0n) is 16.5. The zero-order chi connectivity index (χ0) is 20.2. The lowest BCUT2D eigenvalue weighted by Gasteiger charge is -2.32. The van der Waals surface area contributed by atoms with Crippen LogP contribution in [0, 0.1) is 5.92 Å². The lowest BCUT2D eigenvalue weighted by molar-refractivity contribution is -0.132. The SMILES string of the molecule is COc1ccc2cc(C(=O)[C@H]3CCCN(C(=O)CCn4cncn4)C3)ccc2c1. The standard InChI is InChI=1S/C22H24N4O3/c1-29-20-7-6-16-11-18(5-4-17(16)12-20)22(28)19-3-2-9-25(13-19)21(27)8-10-26-15-23-14-24-26/h4-7,11-12,14-15,19H,2-3,8-10,13H2,1H3/t19-/m0/s1. The number of fused-ring (bicyclic) bond motifs is 1. The smallest absolute Gasteiger partial charge is 0.224 e. The summed E-state index contributed by atoms with van der Waals surface area (Å²) in [7, 11) is 1.64. The van der Waals surface area contributed by atoms with Gasteiger partial charge in [0.05, 0.1) is 13.7 Å². The van der Waals surface area contributed by atoms with Gasteiger partial charge in [0.1, 0.15) is 18.4 Å². The number of aryl methyl sites for hydroxylation is 1. The highest BCUT2D eigenvalue weighted by molar-refractivity contribution is 6.01. The molecule has 0 spiro atoms. The summed E-state index contributed by atoms with van der Waals surface area (Å²) < 4.78 is 6.91. The lowest BCUT2D eigenvalue weighted by Crippen LogP contribution is -2.42. The van der Waals surface area contributed by atoms with E-state index < -0.39 is 0 Å². The molecule has 3 aromatic rings. The quantitative estimate of drug-likeness (QED) is 0.603. The van der Waals surface area contributed by atoms with Crippen molar-refractivity contribution in [2.24, 2.45) is 5.92 Å². The Morgan fingerprint density at radius 2 is 2.00 bits per heavy atom. The number of amides is 1. The largest absolute Gasteiger partial charge is 0.497 e. The highest BCUT2D eigenvalue weighted by atomic mass is 16.5. The molecule has 1 amide bonds. The van der Waals surface area contributed by atoms with Crippen LogP contribution in [0.2, 0.25) is 0 Å². The van der Waals surface area contributed by atoms with Gasteiger partial charge in [-0.2, -0.15) is 5.10 Å². The van der Waals surface area contributed by atoms with E-state index in [1.807, 2.05) is 41.3 Å². The minimum atomic E-state index is -0.158. The third-order valence-corrected chi connectivity index (χ3v) is 5.50. The molecule has 29 heavy (non-hydrogen) atoms. The topological polar surface area (TPSA) is 77.3 Å². The van der Waals surface area contributed by atoms with Crippen LogP contribution in [0.4, 0.5) is 0 Å². The first-order chi connectivity index (χ1) is 14.1. The number of carbonyl (C=O) groups excluding carboxylic acids is 2. The Hall–Kier alpha value is -3.22. The molecule has 1 atom stereocenters. The molecule has 0 bridgehead atoms. The third kappa shape index (κ3) is 4.29. The molecule has 1 aliphatic heterocycles. The van der Waals surface area contributed by atoms with Gasteiger partial charge >= 0.3 is 0 Å². The number of aromatic nitrogens is 3. The van der Waals surface area contributed by atoms with E-state index in [1.165, 1.54) is 6.33 Å². The number of rotatable bonds is 6. The number of hydrogen-bond acceptors (Lipinski definition) is 5. The normalized spacial score (nSPS) is 16.7. The minimum absolute atomic E-state index is 0.0589. The average molecular weight is 392 g/mol. The number of benzene rings is 2. The van der Waals surface area contributed by atoms with E-state index in [1.54, 1.807) is 18.1 Å². The molecule has 150 valence electrons. The number of Topliss-reactive ketones (excluding diaryl/α,β-unsaturated/α-hetero) is 1. The van der Waals surface area contributed by atoms with E-state index in [4.69, 9.17) is 4.74 Å². The zero-order valence-corrected chi connectivity index (χ0v) is 16.5. The van der Waals surface area contributed by atoms with Crippen molar-refractivity contribution in [1.82, 2.24) is 19.7 Å². The minimum Gasteiger partial charge on any atom is -0.497 e. The van der Waals surface area contributed by atoms with Gasteiger partial charge in [-0.15, -0.1) is 0 Å². The molecule has 4 rings (SSSR count). The van der Waals surface area contributed by atoms with Gasteiger partial charge in [-0.3, -0.25) is 14.3 Å². The van der Waals surface area contributed by atoms with E-state index in [-0.39, 0.29) is 17.6 Å². The predicted octanol–water partition coefficient (Wildman–Crippen LogP) is 2.95. The Balaban J connectivity index is 1.42. The maximum atomic E-state index is 13.1. The first kappa shape index (κ1) is 19.1. The Kier molecular flexibility index (Phi) is 5.55. The van der Waals surface area contributed by atoms with Crippen molar-refractivity contribution in [2.75, 3.05) is 20.2 Å². The first-order valence-electron chi connectivity index (χ1n) is 9.86. The Morgan fingerprint density at radius 3 is 2.79 bits per heavy atom. The third-order valence-electron chi connectivity index (χ3n) is 5.50. The maximum absolute atomic E-state index is 13.1. The number of hydrogen-bond donors (Lipinski definition) is 0. The average Bonchev–Trinajstić information content (AvgIpc) is 3.30. The van der Waals surface area contributed by atoms with E-state index in [9.17, 15) is 9.59 Å². The molecule has 7 heteroatoms. The van der Waals surface area contributed by atoms with Gasteiger partial charge in [0, 0.05) is 31.0 Å². The van der Waals surface area contributed by atoms with Gasteiger partial charge in [-0.25, -0.2) is 4.98 Å². The molecule has 0 aliphatic carbocycles. The van der Waals surface area contributed by atoms with E-state index in [2.05, 4.69) is 10.1 Å². The van der Waals surface area contributed by atoms with Crippen LogP contribution in [0.5, 0.6) is 5.75 Å². The van der Waals surface area contributed by atoms with Crippen molar-refractivity contribution >= 4 is 22.5 Å². The van der Waals surface area contributed by atoms with E-state index in [0.717, 1.165) is 29.4 Å². The summed E-state index contributed by atoms with van der Waals surface area (Å²) in [6.45, 7) is 1.69. The second-order valence-electron chi connectivity index (χ2n) is 7.38. The maximum Gasteiger partial charge on any atom is 0.224 e. The van der Waals surface area contributed by atoms with E-state index >= 15 is 0 Å². The predicted molar refractivity (Wildman–Crippen MR) is 109 cm³/mol. The van der Waals surface area contributed by atoms with E-state index in [0.29, 0.717) is 31.6 Å². The molecular formula is C22H24N4O3. The highest BCUT2D eigenvalue weighted by Gasteiger charge is 2.29. The summed E-state index contributed by atoms with van der Waals surface area (Å²) in [4.78, 5) is 31.4. The van der Waals surface area contributed by atoms with Crippen LogP contribution < -0.4 is 4.74 Å². The molecule has 1 fully saturated rings. The lowest BCUT2D eigenvalue weighted by atomic mass is 9.89. The molecular weight excluding hydrogens is 368 g/mol. The van der Waals surface area contributed by atoms with Gasteiger partial charge in [-0.1, -0.05) is 18.2 Å². The molecule has 0 N–H and O–H groups in total. The van der Waals surface area contributed by atoms with Crippen molar-refractivity contribution in [2.45, 2.75) is 25.8 Å². The van der Waals surface area contributed by atoms with Crippen molar-refractivity contribution in [1.29, 1.82) is 0 Å². The van der Waals surface area contributed by atoms with Gasteiger partial charge < -0.3 is 9.64 Å². The van der Waals surface area contributed by atoms with Gasteiger partial charge in [0.2, 0.25) is 5.91 Å². The van der Waals surface area contributed by atoms with Gasteiger partial charge in [-0.05, 0) is 41.8 Å². The summed E-state index contributed by atoms with van der Waals surface area (Å²) >= 11 is 0. The molecule has 0 radical (unpaired) electrons. The van der Waals surface area contributed by atoms with Crippen molar-refractivity contribution in [3.05, 3.63) is 54.6 Å². The van der Waals surface area contributed by atoms with Crippen molar-refractivity contribution in [3.63, 3.8) is 0 Å². The number of methoxy groups -OCH3 is 1. The molecule has 1 saturated heterocycles. The van der Waals surface area contributed by atoms with Crippen LogP contribution in [-0.4, -0.2) is 51.6 Å². The number of likely N-dealkylation sites (tertiary alicyclic amines) is 1. The van der Waals surface area contributed by atoms with Crippen LogP contribution >= 0.6 is 0 Å². The molecule has 0 unspecified atom stereocenters. The van der Waals surface area contributed by atoms with Crippen LogP contribution in [0.3, 0.4) is 0 Å². The van der Waals surface area contributed by atoms with Crippen molar-refractivity contribution in [3.8, 4) is 5.75 Å². The molecule has 7 nitrogen and oxygen atoms in total. The fraction of sp³-hybridized carbons (Fsp3) is 0.364. The summed E-state index contributed by atoms with van der Waals surface area (Å²) in [6, 6.07) is 11.6. The molecule has 0 saturated carbocycles. The second kappa shape index (κ2) is 8.43. The Bertz CT molecular complexity index is 1020. The highest BCUT2D eigenvalue weighted by Crippen LogP contribution is 2.26. The molecule has 1 aromatic heterocycles. The number of carbonyl (C=O) groups is 2. The molecule has 1 aliphatic rings. The molecule has 2 aromatic carbocycles. The van der Waals surface area contributed by atoms with Crippen LogP contribution in [0.25, 0.3) is 10.8 Å². The summed E-state index contributed by atoms with van der Waals surface area (Å²) in [5.41, 5.74) is 0.699.